The van der Waals surface area contributed by atoms with Crippen molar-refractivity contribution in [1.82, 2.24) is 10.6 Å². The molecule has 2 N–H and O–H groups in total. The molecule has 1 aromatic carbocycles. The van der Waals surface area contributed by atoms with E-state index in [0.29, 0.717) is 18.5 Å². The van der Waals surface area contributed by atoms with Crippen LogP contribution in [-0.2, 0) is 4.79 Å². The van der Waals surface area contributed by atoms with Crippen molar-refractivity contribution in [2.24, 2.45) is 5.92 Å². The van der Waals surface area contributed by atoms with Crippen LogP contribution in [0.3, 0.4) is 0 Å². The zero-order chi connectivity index (χ0) is 13.8. The van der Waals surface area contributed by atoms with Crippen LogP contribution in [0.1, 0.15) is 50.1 Å². The number of hydrogen-bond acceptors (Lipinski definition) is 2. The third-order valence-electron chi connectivity index (χ3n) is 4.14. The van der Waals surface area contributed by atoms with Gasteiger partial charge < -0.3 is 10.6 Å². The largest absolute Gasteiger partial charge is 0.353 e. The summed E-state index contributed by atoms with van der Waals surface area (Å²) >= 11 is 0. The van der Waals surface area contributed by atoms with Gasteiger partial charge in [0.1, 0.15) is 0 Å². The number of carbonyl (C=O) groups excluding carboxylic acids is 1. The first kappa shape index (κ1) is 13.6. The normalized spacial score (nSPS) is 19.6. The van der Waals surface area contributed by atoms with Gasteiger partial charge in [0.25, 0.3) is 0 Å². The summed E-state index contributed by atoms with van der Waals surface area (Å²) in [5.41, 5.74) is 1.39. The Morgan fingerprint density at radius 1 is 1.15 bits per heavy atom. The van der Waals surface area contributed by atoms with E-state index in [0.717, 1.165) is 18.9 Å². The highest BCUT2D eigenvalue weighted by Crippen LogP contribution is 2.40. The molecule has 2 aliphatic carbocycles. The standard InChI is InChI=1S/C17H24N2O/c20-16(19-15-10-11-15)7-4-12-18-17(14-8-9-14)13-5-2-1-3-6-13/h1-3,5-6,14-15,17-18H,4,7-12H2,(H,19,20). The lowest BCUT2D eigenvalue weighted by atomic mass is 10.0. The fourth-order valence-corrected chi connectivity index (χ4v) is 2.68. The van der Waals surface area contributed by atoms with Crippen molar-refractivity contribution in [2.75, 3.05) is 6.54 Å². The predicted octanol–water partition coefficient (Wildman–Crippen LogP) is 2.79. The van der Waals surface area contributed by atoms with Crippen LogP contribution in [0, 0.1) is 5.92 Å². The average molecular weight is 272 g/mol. The molecule has 1 unspecified atom stereocenters. The number of hydrogen-bond donors (Lipinski definition) is 2. The molecule has 1 amide bonds. The van der Waals surface area contributed by atoms with Crippen molar-refractivity contribution in [1.29, 1.82) is 0 Å². The summed E-state index contributed by atoms with van der Waals surface area (Å²) in [6.45, 7) is 0.925. The second-order valence-corrected chi connectivity index (χ2v) is 6.13. The topological polar surface area (TPSA) is 41.1 Å². The Morgan fingerprint density at radius 2 is 1.90 bits per heavy atom. The van der Waals surface area contributed by atoms with E-state index in [1.54, 1.807) is 0 Å². The van der Waals surface area contributed by atoms with Crippen LogP contribution in [-0.4, -0.2) is 18.5 Å². The molecule has 3 heteroatoms. The van der Waals surface area contributed by atoms with E-state index in [9.17, 15) is 4.79 Å². The van der Waals surface area contributed by atoms with E-state index in [1.165, 1.54) is 31.2 Å². The van der Waals surface area contributed by atoms with Crippen LogP contribution in [0.2, 0.25) is 0 Å². The number of carbonyl (C=O) groups is 1. The van der Waals surface area contributed by atoms with E-state index in [1.807, 2.05) is 0 Å². The second-order valence-electron chi connectivity index (χ2n) is 6.13. The number of nitrogens with one attached hydrogen (secondary N) is 2. The summed E-state index contributed by atoms with van der Waals surface area (Å²) in [7, 11) is 0. The Kier molecular flexibility index (Phi) is 4.36. The minimum absolute atomic E-state index is 0.219. The first-order chi connectivity index (χ1) is 9.83. The molecule has 2 saturated carbocycles. The van der Waals surface area contributed by atoms with Crippen molar-refractivity contribution in [3.05, 3.63) is 35.9 Å². The van der Waals surface area contributed by atoms with Gasteiger partial charge in [0.2, 0.25) is 5.91 Å². The van der Waals surface area contributed by atoms with Gasteiger partial charge in [0, 0.05) is 18.5 Å². The summed E-state index contributed by atoms with van der Waals surface area (Å²) in [5.74, 6) is 1.01. The Bertz CT molecular complexity index is 438. The number of rotatable bonds is 8. The van der Waals surface area contributed by atoms with Crippen LogP contribution in [0.25, 0.3) is 0 Å². The van der Waals surface area contributed by atoms with Crippen molar-refractivity contribution >= 4 is 5.91 Å². The third kappa shape index (κ3) is 4.07. The van der Waals surface area contributed by atoms with Gasteiger partial charge in [-0.1, -0.05) is 30.3 Å². The Labute approximate surface area is 121 Å². The molecule has 108 valence electrons. The van der Waals surface area contributed by atoms with Gasteiger partial charge in [0.15, 0.2) is 0 Å². The van der Waals surface area contributed by atoms with Gasteiger partial charge in [-0.15, -0.1) is 0 Å². The molecule has 0 saturated heterocycles. The lowest BCUT2D eigenvalue weighted by Crippen LogP contribution is -2.28. The molecule has 1 aromatic rings. The molecular formula is C17H24N2O. The maximum Gasteiger partial charge on any atom is 0.220 e. The molecule has 2 fully saturated rings. The zero-order valence-corrected chi connectivity index (χ0v) is 12.0. The summed E-state index contributed by atoms with van der Waals surface area (Å²) < 4.78 is 0. The molecule has 0 spiro atoms. The van der Waals surface area contributed by atoms with Gasteiger partial charge in [0.05, 0.1) is 0 Å². The molecule has 3 nitrogen and oxygen atoms in total. The maximum atomic E-state index is 11.6. The Morgan fingerprint density at radius 3 is 2.55 bits per heavy atom. The third-order valence-corrected chi connectivity index (χ3v) is 4.14. The minimum Gasteiger partial charge on any atom is -0.353 e. The van der Waals surface area contributed by atoms with Crippen molar-refractivity contribution in [3.8, 4) is 0 Å². The van der Waals surface area contributed by atoms with Crippen molar-refractivity contribution in [3.63, 3.8) is 0 Å². The van der Waals surface area contributed by atoms with Crippen molar-refractivity contribution < 1.29 is 4.79 Å². The van der Waals surface area contributed by atoms with E-state index in [2.05, 4.69) is 41.0 Å². The van der Waals surface area contributed by atoms with Gasteiger partial charge in [-0.2, -0.15) is 0 Å². The molecule has 0 aliphatic heterocycles. The SMILES string of the molecule is O=C(CCCNC(c1ccccc1)C1CC1)NC1CC1. The summed E-state index contributed by atoms with van der Waals surface area (Å²) in [5, 5.41) is 6.68. The average Bonchev–Trinajstić information content (AvgIpc) is 3.34. The quantitative estimate of drug-likeness (QED) is 0.714. The Hall–Kier alpha value is -1.35. The maximum absolute atomic E-state index is 11.6. The van der Waals surface area contributed by atoms with Crippen molar-refractivity contribution in [2.45, 2.75) is 50.6 Å². The highest BCUT2D eigenvalue weighted by Gasteiger charge is 2.31. The molecule has 0 heterocycles. The summed E-state index contributed by atoms with van der Waals surface area (Å²) in [4.78, 5) is 11.6. The first-order valence-corrected chi connectivity index (χ1v) is 7.90. The van der Waals surface area contributed by atoms with Gasteiger partial charge in [-0.3, -0.25) is 4.79 Å². The van der Waals surface area contributed by atoms with Crippen LogP contribution >= 0.6 is 0 Å². The molecule has 0 radical (unpaired) electrons. The van der Waals surface area contributed by atoms with E-state index < -0.39 is 0 Å². The summed E-state index contributed by atoms with van der Waals surface area (Å²) in [6, 6.07) is 11.6. The fraction of sp³-hybridized carbons (Fsp3) is 0.588. The highest BCUT2D eigenvalue weighted by molar-refractivity contribution is 5.76. The smallest absolute Gasteiger partial charge is 0.220 e. The molecule has 3 rings (SSSR count). The predicted molar refractivity (Wildman–Crippen MR) is 80.3 cm³/mol. The van der Waals surface area contributed by atoms with Gasteiger partial charge >= 0.3 is 0 Å². The van der Waals surface area contributed by atoms with E-state index in [-0.39, 0.29) is 5.91 Å². The monoisotopic (exact) mass is 272 g/mol. The zero-order valence-electron chi connectivity index (χ0n) is 12.0. The lowest BCUT2D eigenvalue weighted by Gasteiger charge is -2.18. The van der Waals surface area contributed by atoms with Gasteiger partial charge in [-0.05, 0) is 50.1 Å². The number of amides is 1. The highest BCUT2D eigenvalue weighted by atomic mass is 16.1. The number of benzene rings is 1. The van der Waals surface area contributed by atoms with Crippen LogP contribution in [0.15, 0.2) is 30.3 Å². The molecule has 0 aromatic heterocycles. The van der Waals surface area contributed by atoms with E-state index >= 15 is 0 Å². The second kappa shape index (κ2) is 6.40. The molecular weight excluding hydrogens is 248 g/mol. The molecule has 2 aliphatic rings. The van der Waals surface area contributed by atoms with Gasteiger partial charge in [-0.25, -0.2) is 0 Å². The van der Waals surface area contributed by atoms with Crippen LogP contribution in [0.5, 0.6) is 0 Å². The first-order valence-electron chi connectivity index (χ1n) is 7.90. The van der Waals surface area contributed by atoms with E-state index in [4.69, 9.17) is 0 Å². The fourth-order valence-electron chi connectivity index (χ4n) is 2.68. The lowest BCUT2D eigenvalue weighted by molar-refractivity contribution is -0.121. The molecule has 1 atom stereocenters. The van der Waals surface area contributed by atoms with Crippen LogP contribution in [0.4, 0.5) is 0 Å². The molecule has 0 bridgehead atoms. The minimum atomic E-state index is 0.219. The Balaban J connectivity index is 1.40. The summed E-state index contributed by atoms with van der Waals surface area (Å²) in [6.07, 6.45) is 6.57. The van der Waals surface area contributed by atoms with Crippen LogP contribution < -0.4 is 10.6 Å². The molecule has 20 heavy (non-hydrogen) atoms.